The molecule has 5 heteroatoms. The summed E-state index contributed by atoms with van der Waals surface area (Å²) in [5.74, 6) is -0.162. The number of rotatable bonds is 8. The van der Waals surface area contributed by atoms with E-state index >= 15 is 0 Å². The molecule has 0 saturated heterocycles. The summed E-state index contributed by atoms with van der Waals surface area (Å²) in [5, 5.41) is 0. The first-order chi connectivity index (χ1) is 12.3. The molecule has 1 unspecified atom stereocenters. The van der Waals surface area contributed by atoms with Gasteiger partial charge in [0.15, 0.2) is 0 Å². The van der Waals surface area contributed by atoms with Crippen LogP contribution in [0.3, 0.4) is 0 Å². The Kier molecular flexibility index (Phi) is 7.90. The smallest absolute Gasteiger partial charge is 0.306 e. The van der Waals surface area contributed by atoms with Crippen molar-refractivity contribution in [2.75, 3.05) is 0 Å². The zero-order valence-electron chi connectivity index (χ0n) is 14.5. The molecule has 26 heavy (non-hydrogen) atoms. The van der Waals surface area contributed by atoms with Crippen LogP contribution in [-0.2, 0) is 22.5 Å². The third-order valence-electron chi connectivity index (χ3n) is 4.07. The van der Waals surface area contributed by atoms with E-state index in [0.29, 0.717) is 13.0 Å². The fourth-order valence-corrected chi connectivity index (χ4v) is 2.76. The van der Waals surface area contributed by atoms with Crippen molar-refractivity contribution in [1.29, 1.82) is 0 Å². The van der Waals surface area contributed by atoms with Crippen molar-refractivity contribution < 1.29 is 9.53 Å². The predicted molar refractivity (Wildman–Crippen MR) is 104 cm³/mol. The molecule has 136 valence electrons. The van der Waals surface area contributed by atoms with Crippen LogP contribution in [0.25, 0.3) is 0 Å². The maximum atomic E-state index is 12.3. The standard InChI is InChI=1S/C21H22N2O2.ClH/c24-21(13-7-10-18-8-3-1-4-9-18)25-20(16-23-15-14-22-17-23)19-11-5-2-6-12-19;/h1-6,8-9,11-12,14-15,17,20H,7,10,13,16H2;1H. The van der Waals surface area contributed by atoms with Gasteiger partial charge in [-0.1, -0.05) is 60.7 Å². The maximum Gasteiger partial charge on any atom is 0.306 e. The largest absolute Gasteiger partial charge is 0.456 e. The molecule has 3 rings (SSSR count). The second-order valence-corrected chi connectivity index (χ2v) is 5.99. The number of nitrogens with zero attached hydrogens (tertiary/aromatic N) is 2. The van der Waals surface area contributed by atoms with E-state index in [0.717, 1.165) is 18.4 Å². The number of carbonyl (C=O) groups excluding carboxylic acids is 1. The van der Waals surface area contributed by atoms with E-state index in [2.05, 4.69) is 17.1 Å². The Labute approximate surface area is 160 Å². The van der Waals surface area contributed by atoms with E-state index in [1.54, 1.807) is 12.5 Å². The number of halogens is 1. The Balaban J connectivity index is 0.00000243. The van der Waals surface area contributed by atoms with Crippen LogP contribution in [0, 0.1) is 0 Å². The van der Waals surface area contributed by atoms with Crippen molar-refractivity contribution in [3.8, 4) is 0 Å². The number of benzene rings is 2. The maximum absolute atomic E-state index is 12.3. The van der Waals surface area contributed by atoms with E-state index < -0.39 is 0 Å². The minimum Gasteiger partial charge on any atom is -0.456 e. The summed E-state index contributed by atoms with van der Waals surface area (Å²) in [6.07, 6.45) is 7.12. The molecule has 0 fully saturated rings. The number of hydrogen-bond donors (Lipinski definition) is 0. The highest BCUT2D eigenvalue weighted by Gasteiger charge is 2.17. The van der Waals surface area contributed by atoms with Gasteiger partial charge in [-0.3, -0.25) is 4.79 Å². The van der Waals surface area contributed by atoms with Crippen LogP contribution in [0.15, 0.2) is 79.4 Å². The lowest BCUT2D eigenvalue weighted by atomic mass is 10.1. The van der Waals surface area contributed by atoms with Gasteiger partial charge >= 0.3 is 5.97 Å². The molecule has 1 heterocycles. The summed E-state index contributed by atoms with van der Waals surface area (Å²) in [6.45, 7) is 0.564. The monoisotopic (exact) mass is 370 g/mol. The molecule has 0 aliphatic heterocycles. The van der Waals surface area contributed by atoms with E-state index in [4.69, 9.17) is 4.74 Å². The number of aryl methyl sites for hydroxylation is 1. The fourth-order valence-electron chi connectivity index (χ4n) is 2.76. The quantitative estimate of drug-likeness (QED) is 0.544. The van der Waals surface area contributed by atoms with Crippen LogP contribution in [0.1, 0.15) is 30.1 Å². The molecule has 1 aromatic heterocycles. The van der Waals surface area contributed by atoms with Gasteiger partial charge in [0, 0.05) is 18.8 Å². The summed E-state index contributed by atoms with van der Waals surface area (Å²) in [4.78, 5) is 16.4. The summed E-state index contributed by atoms with van der Waals surface area (Å²) >= 11 is 0. The van der Waals surface area contributed by atoms with Gasteiger partial charge in [-0.25, -0.2) is 4.98 Å². The van der Waals surface area contributed by atoms with Gasteiger partial charge in [0.1, 0.15) is 6.10 Å². The molecule has 0 radical (unpaired) electrons. The van der Waals surface area contributed by atoms with Crippen molar-refractivity contribution in [1.82, 2.24) is 9.55 Å². The second kappa shape index (κ2) is 10.4. The molecule has 0 aliphatic carbocycles. The number of aromatic nitrogens is 2. The Morgan fingerprint density at radius 1 is 1.04 bits per heavy atom. The normalized spacial score (nSPS) is 11.4. The fraction of sp³-hybridized carbons (Fsp3) is 0.238. The van der Waals surface area contributed by atoms with Crippen LogP contribution in [0.2, 0.25) is 0 Å². The molecule has 2 aromatic carbocycles. The molecule has 0 amide bonds. The molecular weight excluding hydrogens is 348 g/mol. The van der Waals surface area contributed by atoms with Crippen molar-refractivity contribution in [2.24, 2.45) is 0 Å². The van der Waals surface area contributed by atoms with Crippen LogP contribution in [0.5, 0.6) is 0 Å². The molecule has 1 atom stereocenters. The van der Waals surface area contributed by atoms with Crippen LogP contribution < -0.4 is 0 Å². The van der Waals surface area contributed by atoms with Crippen molar-refractivity contribution in [3.63, 3.8) is 0 Å². The SMILES string of the molecule is Cl.O=C(CCCc1ccccc1)OC(Cn1ccnc1)c1ccccc1. The lowest BCUT2D eigenvalue weighted by Crippen LogP contribution is -2.16. The van der Waals surface area contributed by atoms with Crippen LogP contribution >= 0.6 is 12.4 Å². The number of imidazole rings is 1. The first-order valence-electron chi connectivity index (χ1n) is 8.55. The summed E-state index contributed by atoms with van der Waals surface area (Å²) < 4.78 is 7.69. The van der Waals surface area contributed by atoms with Gasteiger partial charge in [0.25, 0.3) is 0 Å². The average molecular weight is 371 g/mol. The van der Waals surface area contributed by atoms with E-state index in [9.17, 15) is 4.79 Å². The number of hydrogen-bond acceptors (Lipinski definition) is 3. The van der Waals surface area contributed by atoms with Crippen molar-refractivity contribution >= 4 is 18.4 Å². The predicted octanol–water partition coefficient (Wildman–Crippen LogP) is 4.61. The van der Waals surface area contributed by atoms with Crippen molar-refractivity contribution in [2.45, 2.75) is 31.9 Å². The highest BCUT2D eigenvalue weighted by atomic mass is 35.5. The van der Waals surface area contributed by atoms with Gasteiger partial charge in [0.2, 0.25) is 0 Å². The van der Waals surface area contributed by atoms with Crippen LogP contribution in [0.4, 0.5) is 0 Å². The topological polar surface area (TPSA) is 44.1 Å². The van der Waals surface area contributed by atoms with E-state index in [-0.39, 0.29) is 24.5 Å². The summed E-state index contributed by atoms with van der Waals surface area (Å²) in [7, 11) is 0. The molecule has 3 aromatic rings. The highest BCUT2D eigenvalue weighted by Crippen LogP contribution is 2.20. The van der Waals surface area contributed by atoms with Crippen LogP contribution in [-0.4, -0.2) is 15.5 Å². The average Bonchev–Trinajstić information content (AvgIpc) is 3.16. The Hall–Kier alpha value is -2.59. The highest BCUT2D eigenvalue weighted by molar-refractivity contribution is 5.85. The van der Waals surface area contributed by atoms with Gasteiger partial charge in [-0.15, -0.1) is 12.4 Å². The third-order valence-corrected chi connectivity index (χ3v) is 4.07. The molecule has 0 N–H and O–H groups in total. The lowest BCUT2D eigenvalue weighted by molar-refractivity contribution is -0.150. The lowest BCUT2D eigenvalue weighted by Gasteiger charge is -2.19. The summed E-state index contributed by atoms with van der Waals surface area (Å²) in [6, 6.07) is 20.0. The number of esters is 1. The first-order valence-corrected chi connectivity index (χ1v) is 8.55. The zero-order chi connectivity index (χ0) is 17.3. The molecule has 0 saturated carbocycles. The first kappa shape index (κ1) is 19.7. The van der Waals surface area contributed by atoms with Gasteiger partial charge in [-0.05, 0) is 24.0 Å². The number of carbonyl (C=O) groups is 1. The molecule has 4 nitrogen and oxygen atoms in total. The molecule has 0 bridgehead atoms. The van der Waals surface area contributed by atoms with E-state index in [1.807, 2.05) is 59.3 Å². The van der Waals surface area contributed by atoms with Gasteiger partial charge < -0.3 is 9.30 Å². The molecule has 0 aliphatic rings. The Morgan fingerprint density at radius 3 is 2.38 bits per heavy atom. The van der Waals surface area contributed by atoms with Crippen molar-refractivity contribution in [3.05, 3.63) is 90.5 Å². The summed E-state index contributed by atoms with van der Waals surface area (Å²) in [5.41, 5.74) is 2.24. The second-order valence-electron chi connectivity index (χ2n) is 5.99. The zero-order valence-corrected chi connectivity index (χ0v) is 15.3. The van der Waals surface area contributed by atoms with E-state index in [1.165, 1.54) is 5.56 Å². The Morgan fingerprint density at radius 2 is 1.73 bits per heavy atom. The minimum absolute atomic E-state index is 0. The number of ether oxygens (including phenoxy) is 1. The Bertz CT molecular complexity index is 761. The third kappa shape index (κ3) is 6.05. The van der Waals surface area contributed by atoms with Gasteiger partial charge in [0.05, 0.1) is 12.9 Å². The minimum atomic E-state index is -0.306. The molecule has 0 spiro atoms. The molecular formula is C21H23ClN2O2. The van der Waals surface area contributed by atoms with Gasteiger partial charge in [-0.2, -0.15) is 0 Å².